The van der Waals surface area contributed by atoms with Crippen molar-refractivity contribution in [1.29, 1.82) is 5.26 Å². The van der Waals surface area contributed by atoms with Crippen molar-refractivity contribution in [1.82, 2.24) is 4.72 Å². The fourth-order valence-electron chi connectivity index (χ4n) is 4.63. The summed E-state index contributed by atoms with van der Waals surface area (Å²) >= 11 is 0. The second-order valence-corrected chi connectivity index (χ2v) is 11.6. The minimum atomic E-state index is -4.10. The van der Waals surface area contributed by atoms with Gasteiger partial charge in [-0.3, -0.25) is 0 Å². The standard InChI is InChI=1S/C28H33N3O4S/c1-20(27(19-29)36(33,34)30-28(2,3)13-16-32)25-11-12-26(35-25)23-8-7-22-18-24(10-9-21(22)17-23)31-14-5-4-6-15-31/h7-12,17-18,30,32H,4-6,13-16H2,1-3H3/b27-20+. The first-order chi connectivity index (χ1) is 17.1. The lowest BCUT2D eigenvalue weighted by Crippen LogP contribution is -2.44. The van der Waals surface area contributed by atoms with Crippen molar-refractivity contribution in [2.24, 2.45) is 0 Å². The van der Waals surface area contributed by atoms with Gasteiger partial charge in [0.25, 0.3) is 10.0 Å². The van der Waals surface area contributed by atoms with Gasteiger partial charge in [-0.05, 0) is 87.6 Å². The topological polar surface area (TPSA) is 107 Å². The van der Waals surface area contributed by atoms with Crippen molar-refractivity contribution in [3.8, 4) is 17.4 Å². The number of fused-ring (bicyclic) bond motifs is 1. The number of allylic oxidation sites excluding steroid dienone is 2. The second-order valence-electron chi connectivity index (χ2n) is 9.99. The number of hydrogen-bond acceptors (Lipinski definition) is 6. The predicted octanol–water partition coefficient (Wildman–Crippen LogP) is 5.43. The third-order valence-electron chi connectivity index (χ3n) is 6.66. The molecule has 4 rings (SSSR count). The average Bonchev–Trinajstić information content (AvgIpc) is 3.34. The van der Waals surface area contributed by atoms with E-state index in [1.165, 1.54) is 24.9 Å². The molecule has 1 aromatic heterocycles. The minimum Gasteiger partial charge on any atom is -0.456 e. The number of nitrogens with one attached hydrogen (secondary N) is 1. The van der Waals surface area contributed by atoms with Crippen LogP contribution >= 0.6 is 0 Å². The third-order valence-corrected chi connectivity index (χ3v) is 8.42. The summed E-state index contributed by atoms with van der Waals surface area (Å²) in [6.45, 7) is 6.90. The van der Waals surface area contributed by atoms with Gasteiger partial charge < -0.3 is 14.4 Å². The van der Waals surface area contributed by atoms with Crippen molar-refractivity contribution in [3.05, 3.63) is 59.2 Å². The van der Waals surface area contributed by atoms with Crippen LogP contribution < -0.4 is 9.62 Å². The normalized spacial score (nSPS) is 15.6. The number of nitrogens with zero attached hydrogens (tertiary/aromatic N) is 2. The van der Waals surface area contributed by atoms with Crippen LogP contribution in [-0.4, -0.2) is 38.8 Å². The molecule has 0 aliphatic carbocycles. The first-order valence-corrected chi connectivity index (χ1v) is 13.8. The largest absolute Gasteiger partial charge is 0.456 e. The summed E-state index contributed by atoms with van der Waals surface area (Å²) < 4.78 is 34.3. The van der Waals surface area contributed by atoms with E-state index in [0.717, 1.165) is 29.4 Å². The smallest absolute Gasteiger partial charge is 0.251 e. The SMILES string of the molecule is C/C(=C(/C#N)S(=O)(=O)NC(C)(C)CCO)c1ccc(-c2ccc3cc(N4CCCCC4)ccc3c2)o1. The van der Waals surface area contributed by atoms with Crippen LogP contribution in [0.2, 0.25) is 0 Å². The minimum absolute atomic E-state index is 0.174. The lowest BCUT2D eigenvalue weighted by Gasteiger charge is -2.29. The van der Waals surface area contributed by atoms with E-state index in [1.807, 2.05) is 12.1 Å². The molecule has 0 radical (unpaired) electrons. The second kappa shape index (κ2) is 10.5. The van der Waals surface area contributed by atoms with E-state index < -0.39 is 20.5 Å². The Morgan fingerprint density at radius 3 is 2.47 bits per heavy atom. The van der Waals surface area contributed by atoms with Crippen molar-refractivity contribution in [3.63, 3.8) is 0 Å². The first-order valence-electron chi connectivity index (χ1n) is 12.3. The molecular weight excluding hydrogens is 474 g/mol. The molecule has 0 bridgehead atoms. The molecule has 7 nitrogen and oxygen atoms in total. The Balaban J connectivity index is 1.61. The number of nitriles is 1. The molecule has 8 heteroatoms. The van der Waals surface area contributed by atoms with Crippen LogP contribution in [0.3, 0.4) is 0 Å². The molecule has 2 N–H and O–H groups in total. The maximum Gasteiger partial charge on any atom is 0.251 e. The molecule has 1 saturated heterocycles. The highest BCUT2D eigenvalue weighted by Gasteiger charge is 2.30. The van der Waals surface area contributed by atoms with E-state index >= 15 is 0 Å². The van der Waals surface area contributed by atoms with E-state index in [1.54, 1.807) is 32.9 Å². The molecule has 2 heterocycles. The van der Waals surface area contributed by atoms with E-state index in [-0.39, 0.29) is 18.6 Å². The van der Waals surface area contributed by atoms with E-state index in [2.05, 4.69) is 40.0 Å². The number of piperidine rings is 1. The van der Waals surface area contributed by atoms with Crippen LogP contribution in [0.4, 0.5) is 5.69 Å². The highest BCUT2D eigenvalue weighted by molar-refractivity contribution is 7.93. The molecule has 1 aliphatic heterocycles. The summed E-state index contributed by atoms with van der Waals surface area (Å²) in [4.78, 5) is 2.03. The third kappa shape index (κ3) is 5.65. The lowest BCUT2D eigenvalue weighted by atomic mass is 10.0. The summed E-state index contributed by atoms with van der Waals surface area (Å²) in [6, 6.07) is 17.9. The zero-order valence-electron chi connectivity index (χ0n) is 21.0. The van der Waals surface area contributed by atoms with Crippen molar-refractivity contribution >= 4 is 32.1 Å². The summed E-state index contributed by atoms with van der Waals surface area (Å²) in [5, 5.41) is 21.1. The fraction of sp³-hybridized carbons (Fsp3) is 0.393. The molecule has 1 fully saturated rings. The van der Waals surface area contributed by atoms with Crippen molar-refractivity contribution in [2.45, 2.75) is 52.0 Å². The number of benzene rings is 2. The van der Waals surface area contributed by atoms with Crippen molar-refractivity contribution in [2.75, 3.05) is 24.6 Å². The van der Waals surface area contributed by atoms with Crippen LogP contribution in [0.15, 0.2) is 57.9 Å². The zero-order valence-corrected chi connectivity index (χ0v) is 21.9. The van der Waals surface area contributed by atoms with Gasteiger partial charge in [-0.2, -0.15) is 5.26 Å². The monoisotopic (exact) mass is 507 g/mol. The highest BCUT2D eigenvalue weighted by Crippen LogP contribution is 2.32. The number of aliphatic hydroxyl groups excluding tert-OH is 1. The van der Waals surface area contributed by atoms with Crippen LogP contribution in [0.1, 0.15) is 52.2 Å². The highest BCUT2D eigenvalue weighted by atomic mass is 32.2. The number of hydrogen-bond donors (Lipinski definition) is 2. The van der Waals surface area contributed by atoms with E-state index in [0.29, 0.717) is 11.5 Å². The molecule has 2 aromatic carbocycles. The van der Waals surface area contributed by atoms with Crippen LogP contribution in [0.25, 0.3) is 27.7 Å². The molecule has 3 aromatic rings. The number of aliphatic hydroxyl groups is 1. The number of anilines is 1. The predicted molar refractivity (Wildman–Crippen MR) is 144 cm³/mol. The molecule has 0 atom stereocenters. The van der Waals surface area contributed by atoms with Crippen LogP contribution in [-0.2, 0) is 10.0 Å². The molecule has 0 saturated carbocycles. The molecule has 0 unspecified atom stereocenters. The molecule has 0 spiro atoms. The average molecular weight is 508 g/mol. The van der Waals surface area contributed by atoms with Crippen molar-refractivity contribution < 1.29 is 17.9 Å². The van der Waals surface area contributed by atoms with Gasteiger partial charge in [0.05, 0.1) is 0 Å². The summed E-state index contributed by atoms with van der Waals surface area (Å²) in [5.74, 6) is 0.905. The van der Waals surface area contributed by atoms with Crippen LogP contribution in [0, 0.1) is 11.3 Å². The molecular formula is C28H33N3O4S. The quantitative estimate of drug-likeness (QED) is 0.394. The van der Waals surface area contributed by atoms with E-state index in [4.69, 9.17) is 4.42 Å². The maximum absolute atomic E-state index is 12.9. The van der Waals surface area contributed by atoms with Gasteiger partial charge in [0.15, 0.2) is 4.91 Å². The summed E-state index contributed by atoms with van der Waals surface area (Å²) in [5.41, 5.74) is 1.44. The number of rotatable bonds is 8. The Morgan fingerprint density at radius 2 is 1.78 bits per heavy atom. The fourth-order valence-corrected chi connectivity index (χ4v) is 6.19. The lowest BCUT2D eigenvalue weighted by molar-refractivity contribution is 0.246. The number of furan rings is 1. The molecule has 1 aliphatic rings. The van der Waals surface area contributed by atoms with Gasteiger partial charge in [0, 0.05) is 42.1 Å². The van der Waals surface area contributed by atoms with Gasteiger partial charge in [0.2, 0.25) is 0 Å². The number of sulfonamides is 1. The van der Waals surface area contributed by atoms with Gasteiger partial charge >= 0.3 is 0 Å². The molecule has 36 heavy (non-hydrogen) atoms. The van der Waals surface area contributed by atoms with Gasteiger partial charge in [-0.1, -0.05) is 18.2 Å². The van der Waals surface area contributed by atoms with Gasteiger partial charge in [-0.15, -0.1) is 0 Å². The van der Waals surface area contributed by atoms with Crippen LogP contribution in [0.5, 0.6) is 0 Å². The zero-order chi connectivity index (χ0) is 25.9. The Labute approximate surface area is 213 Å². The maximum atomic E-state index is 12.9. The van der Waals surface area contributed by atoms with Gasteiger partial charge in [0.1, 0.15) is 17.6 Å². The van der Waals surface area contributed by atoms with Gasteiger partial charge in [-0.25, -0.2) is 13.1 Å². The summed E-state index contributed by atoms with van der Waals surface area (Å²) in [7, 11) is -4.10. The Kier molecular flexibility index (Phi) is 7.55. The molecule has 190 valence electrons. The summed E-state index contributed by atoms with van der Waals surface area (Å²) in [6.07, 6.45) is 3.98. The Morgan fingerprint density at radius 1 is 1.08 bits per heavy atom. The first kappa shape index (κ1) is 26.0. The van der Waals surface area contributed by atoms with E-state index in [9.17, 15) is 18.8 Å². The molecule has 0 amide bonds. The Bertz CT molecular complexity index is 1420. The Hall–Kier alpha value is -3.12.